The van der Waals surface area contributed by atoms with E-state index in [4.69, 9.17) is 0 Å². The first-order valence-corrected chi connectivity index (χ1v) is 8.58. The zero-order chi connectivity index (χ0) is 19.9. The third kappa shape index (κ3) is 4.29. The quantitative estimate of drug-likeness (QED) is 0.787. The summed E-state index contributed by atoms with van der Waals surface area (Å²) in [5, 5.41) is 3.89. The second-order valence-corrected chi connectivity index (χ2v) is 6.99. The molecule has 0 aliphatic rings. The maximum atomic E-state index is 12.8. The van der Waals surface area contributed by atoms with Crippen LogP contribution in [0.15, 0.2) is 29.3 Å². The second-order valence-electron chi connectivity index (χ2n) is 5.33. The van der Waals surface area contributed by atoms with Crippen molar-refractivity contribution < 1.29 is 34.8 Å². The highest BCUT2D eigenvalue weighted by Crippen LogP contribution is 2.38. The smallest absolute Gasteiger partial charge is 0.279 e. The molecule has 0 saturated heterocycles. The normalized spacial score (nSPS) is 13.1. The highest BCUT2D eigenvalue weighted by atomic mass is 32.2. The van der Waals surface area contributed by atoms with Crippen LogP contribution in [0.5, 0.6) is 0 Å². The second kappa shape index (κ2) is 6.49. The van der Waals surface area contributed by atoms with E-state index in [1.54, 1.807) is 11.6 Å². The highest BCUT2D eigenvalue weighted by molar-refractivity contribution is 7.92. The summed E-state index contributed by atoms with van der Waals surface area (Å²) in [5.74, 6) is 0. The summed E-state index contributed by atoms with van der Waals surface area (Å²) >= 11 is 0. The summed E-state index contributed by atoms with van der Waals surface area (Å²) in [4.78, 5) is -0.342. The maximum absolute atomic E-state index is 12.8. The van der Waals surface area contributed by atoms with E-state index in [0.717, 1.165) is 6.20 Å². The summed E-state index contributed by atoms with van der Waals surface area (Å²) in [5.41, 5.74) is -4.03. The van der Waals surface area contributed by atoms with Crippen molar-refractivity contribution in [1.29, 1.82) is 0 Å². The first kappa shape index (κ1) is 20.1. The summed E-state index contributed by atoms with van der Waals surface area (Å²) < 4.78 is 105. The molecule has 0 radical (unpaired) electrons. The fourth-order valence-corrected chi connectivity index (χ4v) is 3.38. The number of nitrogens with one attached hydrogen (secondary N) is 1. The van der Waals surface area contributed by atoms with Crippen molar-refractivity contribution in [2.45, 2.75) is 37.6 Å². The van der Waals surface area contributed by atoms with Gasteiger partial charge in [0.05, 0.1) is 22.5 Å². The number of nitrogens with zero attached hydrogens (tertiary/aromatic N) is 2. The molecule has 0 bridgehead atoms. The van der Waals surface area contributed by atoms with Gasteiger partial charge in [-0.2, -0.15) is 31.4 Å². The first-order valence-electron chi connectivity index (χ1n) is 7.10. The summed E-state index contributed by atoms with van der Waals surface area (Å²) in [6.45, 7) is 3.37. The Balaban J connectivity index is 2.52. The zero-order valence-corrected chi connectivity index (χ0v) is 14.2. The number of benzene rings is 1. The summed E-state index contributed by atoms with van der Waals surface area (Å²) in [6.07, 6.45) is -9.02. The van der Waals surface area contributed by atoms with E-state index in [-0.39, 0.29) is 16.7 Å². The van der Waals surface area contributed by atoms with E-state index < -0.39 is 39.2 Å². The number of rotatable bonds is 4. The molecule has 26 heavy (non-hydrogen) atoms. The topological polar surface area (TPSA) is 64.0 Å². The molecule has 0 aliphatic heterocycles. The number of aromatic nitrogens is 2. The van der Waals surface area contributed by atoms with Crippen molar-refractivity contribution in [2.75, 3.05) is 4.72 Å². The lowest BCUT2D eigenvalue weighted by atomic mass is 10.1. The fourth-order valence-electron chi connectivity index (χ4n) is 2.15. The van der Waals surface area contributed by atoms with Crippen LogP contribution in [0.2, 0.25) is 0 Å². The van der Waals surface area contributed by atoms with Crippen molar-refractivity contribution >= 4 is 15.7 Å². The molecule has 2 aromatic rings. The van der Waals surface area contributed by atoms with Gasteiger partial charge in [-0.25, -0.2) is 8.42 Å². The van der Waals surface area contributed by atoms with E-state index in [1.807, 2.05) is 0 Å². The van der Waals surface area contributed by atoms with Crippen LogP contribution < -0.4 is 4.72 Å². The Morgan fingerprint density at radius 2 is 1.54 bits per heavy atom. The van der Waals surface area contributed by atoms with Gasteiger partial charge in [0.25, 0.3) is 10.0 Å². The Hall–Kier alpha value is -2.24. The molecule has 0 atom stereocenters. The van der Waals surface area contributed by atoms with Crippen LogP contribution in [0, 0.1) is 6.92 Å². The summed E-state index contributed by atoms with van der Waals surface area (Å²) in [7, 11) is -4.43. The Morgan fingerprint density at radius 3 is 1.92 bits per heavy atom. The van der Waals surface area contributed by atoms with E-state index in [9.17, 15) is 34.8 Å². The van der Waals surface area contributed by atoms with Gasteiger partial charge in [-0.1, -0.05) is 0 Å². The molecule has 5 nitrogen and oxygen atoms in total. The largest absolute Gasteiger partial charge is 0.416 e. The number of anilines is 1. The van der Waals surface area contributed by atoms with Gasteiger partial charge in [0.1, 0.15) is 4.90 Å². The Kier molecular flexibility index (Phi) is 5.01. The molecule has 1 heterocycles. The average Bonchev–Trinajstić information content (AvgIpc) is 2.86. The molecule has 0 saturated carbocycles. The molecule has 0 unspecified atom stereocenters. The van der Waals surface area contributed by atoms with Crippen LogP contribution in [0.4, 0.5) is 32.0 Å². The van der Waals surface area contributed by atoms with E-state index in [1.165, 1.54) is 11.6 Å². The van der Waals surface area contributed by atoms with Crippen molar-refractivity contribution in [3.8, 4) is 0 Å². The van der Waals surface area contributed by atoms with Crippen LogP contribution in [0.3, 0.4) is 0 Å². The van der Waals surface area contributed by atoms with Gasteiger partial charge in [-0.05, 0) is 32.0 Å². The van der Waals surface area contributed by atoms with Gasteiger partial charge in [0.15, 0.2) is 0 Å². The lowest BCUT2D eigenvalue weighted by Gasteiger charge is -2.15. The molecule has 2 rings (SSSR count). The Morgan fingerprint density at radius 1 is 1.04 bits per heavy atom. The van der Waals surface area contributed by atoms with Gasteiger partial charge in [-0.15, -0.1) is 0 Å². The predicted octanol–water partition coefficient (Wildman–Crippen LogP) is 4.05. The molecule has 0 spiro atoms. The molecule has 1 aromatic heterocycles. The number of halogens is 6. The molecular formula is C14H13F6N3O2S. The molecule has 144 valence electrons. The van der Waals surface area contributed by atoms with E-state index in [0.29, 0.717) is 18.7 Å². The van der Waals surface area contributed by atoms with Crippen LogP contribution >= 0.6 is 0 Å². The molecule has 1 N–H and O–H groups in total. The minimum atomic E-state index is -5.08. The van der Waals surface area contributed by atoms with Gasteiger partial charge in [0, 0.05) is 12.7 Å². The van der Waals surface area contributed by atoms with Crippen LogP contribution in [-0.2, 0) is 28.9 Å². The van der Waals surface area contributed by atoms with Crippen LogP contribution in [0.1, 0.15) is 23.7 Å². The lowest BCUT2D eigenvalue weighted by Crippen LogP contribution is -2.16. The Labute approximate surface area is 144 Å². The number of hydrogen-bond donors (Lipinski definition) is 1. The maximum Gasteiger partial charge on any atom is 0.416 e. The van der Waals surface area contributed by atoms with Gasteiger partial charge in [-0.3, -0.25) is 9.40 Å². The third-order valence-corrected chi connectivity index (χ3v) is 4.84. The molecule has 1 aromatic carbocycles. The minimum Gasteiger partial charge on any atom is -0.279 e. The third-order valence-electron chi connectivity index (χ3n) is 3.35. The number of aryl methyl sites for hydroxylation is 2. The van der Waals surface area contributed by atoms with Crippen molar-refractivity contribution in [2.24, 2.45) is 0 Å². The van der Waals surface area contributed by atoms with Crippen LogP contribution in [-0.4, -0.2) is 18.2 Å². The molecular weight excluding hydrogens is 388 g/mol. The molecule has 0 amide bonds. The SMILES string of the molecule is CCn1cc(S(=O)(=O)Nc2cc(C(F)(F)F)cc(C(F)(F)F)c2)c(C)n1. The van der Waals surface area contributed by atoms with Gasteiger partial charge in [0.2, 0.25) is 0 Å². The van der Waals surface area contributed by atoms with Crippen molar-refractivity contribution in [1.82, 2.24) is 9.78 Å². The standard InChI is InChI=1S/C14H13F6N3O2S/c1-3-23-7-12(8(2)21-23)26(24,25)22-11-5-9(13(15,16)17)4-10(6-11)14(18,19)20/h4-7,22H,3H2,1-2H3. The van der Waals surface area contributed by atoms with Gasteiger partial charge >= 0.3 is 12.4 Å². The zero-order valence-electron chi connectivity index (χ0n) is 13.4. The number of sulfonamides is 1. The van der Waals surface area contributed by atoms with Gasteiger partial charge < -0.3 is 0 Å². The molecule has 0 aliphatic carbocycles. The lowest BCUT2D eigenvalue weighted by molar-refractivity contribution is -0.143. The van der Waals surface area contributed by atoms with Crippen molar-refractivity contribution in [3.05, 3.63) is 41.2 Å². The fraction of sp³-hybridized carbons (Fsp3) is 0.357. The first-order chi connectivity index (χ1) is 11.7. The molecule has 0 fully saturated rings. The number of hydrogen-bond acceptors (Lipinski definition) is 3. The van der Waals surface area contributed by atoms with E-state index >= 15 is 0 Å². The van der Waals surface area contributed by atoms with E-state index in [2.05, 4.69) is 5.10 Å². The predicted molar refractivity (Wildman–Crippen MR) is 79.9 cm³/mol. The average molecular weight is 401 g/mol. The minimum absolute atomic E-state index is 0.0578. The molecule has 12 heteroatoms. The highest BCUT2D eigenvalue weighted by Gasteiger charge is 2.37. The van der Waals surface area contributed by atoms with Crippen molar-refractivity contribution in [3.63, 3.8) is 0 Å². The Bertz CT molecular complexity index is 883. The number of alkyl halides is 6. The summed E-state index contributed by atoms with van der Waals surface area (Å²) in [6, 6.07) is 0.511. The monoisotopic (exact) mass is 401 g/mol. The van der Waals surface area contributed by atoms with Crippen LogP contribution in [0.25, 0.3) is 0 Å².